The van der Waals surface area contributed by atoms with Crippen molar-refractivity contribution in [3.63, 3.8) is 0 Å². The summed E-state index contributed by atoms with van der Waals surface area (Å²) in [7, 11) is 1.69. The summed E-state index contributed by atoms with van der Waals surface area (Å²) in [4.78, 5) is 26.9. The summed E-state index contributed by atoms with van der Waals surface area (Å²) in [6.07, 6.45) is 0.191. The van der Waals surface area contributed by atoms with E-state index >= 15 is 0 Å². The Morgan fingerprint density at radius 2 is 2.04 bits per heavy atom. The van der Waals surface area contributed by atoms with Crippen LogP contribution in [-0.4, -0.2) is 51.6 Å². The quantitative estimate of drug-likeness (QED) is 0.755. The number of carbonyl (C=O) groups excluding carboxylic acids is 2. The molecule has 23 heavy (non-hydrogen) atoms. The number of nitrogens with zero attached hydrogens (tertiary/aromatic N) is 4. The zero-order valence-corrected chi connectivity index (χ0v) is 14.9. The van der Waals surface area contributed by atoms with E-state index in [9.17, 15) is 9.59 Å². The fourth-order valence-corrected chi connectivity index (χ4v) is 3.34. The van der Waals surface area contributed by atoms with Crippen molar-refractivity contribution in [1.82, 2.24) is 19.5 Å². The van der Waals surface area contributed by atoms with E-state index in [4.69, 9.17) is 4.74 Å². The molecule has 7 nitrogen and oxygen atoms in total. The molecule has 0 fully saturated rings. The summed E-state index contributed by atoms with van der Waals surface area (Å²) >= 11 is 1.33. The van der Waals surface area contributed by atoms with Gasteiger partial charge >= 0.3 is 5.97 Å². The van der Waals surface area contributed by atoms with Crippen LogP contribution in [0.25, 0.3) is 4.96 Å². The first kappa shape index (κ1) is 17.4. The van der Waals surface area contributed by atoms with Gasteiger partial charge in [0.2, 0.25) is 4.96 Å². The van der Waals surface area contributed by atoms with Crippen molar-refractivity contribution in [2.45, 2.75) is 40.0 Å². The van der Waals surface area contributed by atoms with Crippen LogP contribution in [0.3, 0.4) is 0 Å². The lowest BCUT2D eigenvalue weighted by molar-refractivity contribution is -0.143. The van der Waals surface area contributed by atoms with Gasteiger partial charge in [0, 0.05) is 25.2 Å². The zero-order chi connectivity index (χ0) is 17.1. The van der Waals surface area contributed by atoms with Crippen molar-refractivity contribution < 1.29 is 14.3 Å². The highest BCUT2D eigenvalue weighted by molar-refractivity contribution is 7.19. The van der Waals surface area contributed by atoms with Gasteiger partial charge in [-0.25, -0.2) is 0 Å². The normalized spacial score (nSPS) is 11.2. The van der Waals surface area contributed by atoms with Gasteiger partial charge in [-0.15, -0.1) is 10.2 Å². The highest BCUT2D eigenvalue weighted by Crippen LogP contribution is 2.26. The topological polar surface area (TPSA) is 76.8 Å². The first-order valence-corrected chi connectivity index (χ1v) is 8.43. The van der Waals surface area contributed by atoms with E-state index in [2.05, 4.69) is 10.2 Å². The zero-order valence-electron chi connectivity index (χ0n) is 14.1. The van der Waals surface area contributed by atoms with Gasteiger partial charge in [0.15, 0.2) is 0 Å². The number of carbonyl (C=O) groups is 2. The molecule has 0 saturated carbocycles. The van der Waals surface area contributed by atoms with E-state index in [1.807, 2.05) is 25.2 Å². The molecule has 0 aromatic carbocycles. The van der Waals surface area contributed by atoms with Gasteiger partial charge in [-0.05, 0) is 13.8 Å². The Kier molecular flexibility index (Phi) is 5.35. The second-order valence-corrected chi connectivity index (χ2v) is 6.61. The molecule has 0 N–H and O–H groups in total. The lowest BCUT2D eigenvalue weighted by atomic mass is 10.2. The van der Waals surface area contributed by atoms with Crippen molar-refractivity contribution in [1.29, 1.82) is 0 Å². The standard InChI is InChI=1S/C15H22N4O3S/c1-6-22-11(20)7-8-18(5)14(21)12-10(4)19-13(9(2)3)16-17-15(19)23-12/h9H,6-8H2,1-5H3. The van der Waals surface area contributed by atoms with Crippen molar-refractivity contribution in [2.24, 2.45) is 0 Å². The van der Waals surface area contributed by atoms with E-state index in [0.717, 1.165) is 11.5 Å². The molecule has 0 unspecified atom stereocenters. The van der Waals surface area contributed by atoms with Crippen LogP contribution in [0.2, 0.25) is 0 Å². The smallest absolute Gasteiger partial charge is 0.307 e. The Bertz CT molecular complexity index is 720. The molecular weight excluding hydrogens is 316 g/mol. The highest BCUT2D eigenvalue weighted by Gasteiger charge is 2.23. The van der Waals surface area contributed by atoms with E-state index < -0.39 is 0 Å². The second-order valence-electron chi connectivity index (χ2n) is 5.63. The number of hydrogen-bond acceptors (Lipinski definition) is 6. The average molecular weight is 338 g/mol. The predicted octanol–water partition coefficient (Wildman–Crippen LogP) is 2.25. The van der Waals surface area contributed by atoms with Crippen molar-refractivity contribution >= 4 is 28.2 Å². The lowest BCUT2D eigenvalue weighted by Crippen LogP contribution is -2.29. The molecule has 0 aliphatic rings. The number of fused-ring (bicyclic) bond motifs is 1. The number of aryl methyl sites for hydroxylation is 1. The first-order chi connectivity index (χ1) is 10.9. The summed E-state index contributed by atoms with van der Waals surface area (Å²) in [5.41, 5.74) is 0.840. The summed E-state index contributed by atoms with van der Waals surface area (Å²) in [6, 6.07) is 0. The van der Waals surface area contributed by atoms with Crippen LogP contribution in [0.4, 0.5) is 0 Å². The van der Waals surface area contributed by atoms with E-state index in [0.29, 0.717) is 23.0 Å². The average Bonchev–Trinajstić information content (AvgIpc) is 3.05. The second kappa shape index (κ2) is 7.08. The Morgan fingerprint density at radius 1 is 1.35 bits per heavy atom. The third kappa shape index (κ3) is 3.52. The molecule has 1 amide bonds. The summed E-state index contributed by atoms with van der Waals surface area (Å²) in [5.74, 6) is 0.665. The van der Waals surface area contributed by atoms with Gasteiger partial charge < -0.3 is 9.64 Å². The number of ether oxygens (including phenoxy) is 1. The minimum Gasteiger partial charge on any atom is -0.466 e. The number of thiazole rings is 1. The van der Waals surface area contributed by atoms with Crippen LogP contribution in [0.15, 0.2) is 0 Å². The first-order valence-electron chi connectivity index (χ1n) is 7.62. The Hall–Kier alpha value is -1.96. The van der Waals surface area contributed by atoms with E-state index in [1.54, 1.807) is 14.0 Å². The number of aromatic nitrogens is 3. The van der Waals surface area contributed by atoms with Crippen molar-refractivity contribution in [3.8, 4) is 0 Å². The maximum Gasteiger partial charge on any atom is 0.307 e. The van der Waals surface area contributed by atoms with Crippen LogP contribution < -0.4 is 0 Å². The Morgan fingerprint density at radius 3 is 2.65 bits per heavy atom. The van der Waals surface area contributed by atoms with Gasteiger partial charge in [-0.1, -0.05) is 25.2 Å². The van der Waals surface area contributed by atoms with Gasteiger partial charge in [-0.3, -0.25) is 14.0 Å². The monoisotopic (exact) mass is 338 g/mol. The molecule has 0 radical (unpaired) electrons. The molecule has 0 aliphatic heterocycles. The molecule has 2 heterocycles. The lowest BCUT2D eigenvalue weighted by Gasteiger charge is -2.16. The SMILES string of the molecule is CCOC(=O)CCN(C)C(=O)c1sc2nnc(C(C)C)n2c1C. The fourth-order valence-electron chi connectivity index (χ4n) is 2.27. The highest BCUT2D eigenvalue weighted by atomic mass is 32.1. The summed E-state index contributed by atoms with van der Waals surface area (Å²) < 4.78 is 6.81. The van der Waals surface area contributed by atoms with Crippen LogP contribution in [0.5, 0.6) is 0 Å². The number of esters is 1. The van der Waals surface area contributed by atoms with Crippen LogP contribution in [0, 0.1) is 6.92 Å². The van der Waals surface area contributed by atoms with Crippen molar-refractivity contribution in [2.75, 3.05) is 20.2 Å². The molecule has 0 spiro atoms. The third-order valence-electron chi connectivity index (χ3n) is 3.53. The largest absolute Gasteiger partial charge is 0.466 e. The molecule has 0 bridgehead atoms. The fraction of sp³-hybridized carbons (Fsp3) is 0.600. The molecule has 2 aromatic rings. The van der Waals surface area contributed by atoms with Gasteiger partial charge in [0.1, 0.15) is 10.7 Å². The molecule has 0 atom stereocenters. The molecular formula is C15H22N4O3S. The number of amides is 1. The van der Waals surface area contributed by atoms with Crippen LogP contribution >= 0.6 is 11.3 Å². The maximum absolute atomic E-state index is 12.6. The minimum absolute atomic E-state index is 0.114. The van der Waals surface area contributed by atoms with Crippen LogP contribution in [0.1, 0.15) is 54.3 Å². The van der Waals surface area contributed by atoms with Gasteiger partial charge in [0.25, 0.3) is 5.91 Å². The molecule has 8 heteroatoms. The molecule has 2 rings (SSSR count). The third-order valence-corrected chi connectivity index (χ3v) is 4.65. The van der Waals surface area contributed by atoms with Gasteiger partial charge in [-0.2, -0.15) is 0 Å². The molecule has 2 aromatic heterocycles. The maximum atomic E-state index is 12.6. The van der Waals surface area contributed by atoms with E-state index in [-0.39, 0.29) is 24.2 Å². The number of hydrogen-bond donors (Lipinski definition) is 0. The van der Waals surface area contributed by atoms with E-state index in [1.165, 1.54) is 16.2 Å². The van der Waals surface area contributed by atoms with Crippen molar-refractivity contribution in [3.05, 3.63) is 16.4 Å². The molecule has 0 aliphatic carbocycles. The summed E-state index contributed by atoms with van der Waals surface area (Å²) in [6.45, 7) is 8.42. The van der Waals surface area contributed by atoms with Gasteiger partial charge in [0.05, 0.1) is 13.0 Å². The number of rotatable bonds is 6. The minimum atomic E-state index is -0.295. The van der Waals surface area contributed by atoms with Crippen LogP contribution in [-0.2, 0) is 9.53 Å². The summed E-state index contributed by atoms with van der Waals surface area (Å²) in [5, 5.41) is 8.33. The predicted molar refractivity (Wildman–Crippen MR) is 87.9 cm³/mol. The Balaban J connectivity index is 2.17. The molecule has 0 saturated heterocycles. The Labute approximate surface area is 139 Å². The molecule has 126 valence electrons.